The second-order valence-corrected chi connectivity index (χ2v) is 6.33. The van der Waals surface area contributed by atoms with Gasteiger partial charge in [-0.2, -0.15) is 0 Å². The van der Waals surface area contributed by atoms with Crippen molar-refractivity contribution in [1.82, 2.24) is 19.8 Å². The van der Waals surface area contributed by atoms with Crippen molar-refractivity contribution in [2.75, 3.05) is 19.6 Å². The lowest BCUT2D eigenvalue weighted by Crippen LogP contribution is -2.49. The number of hydrogen-bond donors (Lipinski definition) is 1. The topological polar surface area (TPSA) is 50.2 Å². The first-order chi connectivity index (χ1) is 11.6. The maximum absolute atomic E-state index is 13.9. The molecule has 2 unspecified atom stereocenters. The highest BCUT2D eigenvalue weighted by molar-refractivity contribution is 5.85. The number of nitrogens with zero attached hydrogens (tertiary/aromatic N) is 3. The van der Waals surface area contributed by atoms with Crippen molar-refractivity contribution in [2.24, 2.45) is 7.05 Å². The molecule has 0 bridgehead atoms. The molecule has 2 atom stereocenters. The molecule has 0 spiro atoms. The molecule has 5 nitrogen and oxygen atoms in total. The number of hydrogen-bond acceptors (Lipinski definition) is 3. The number of carbonyl (C=O) groups excluding carboxylic acids is 1. The predicted molar refractivity (Wildman–Crippen MR) is 97.2 cm³/mol. The molecule has 2 heterocycles. The molecule has 1 N–H and O–H groups in total. The van der Waals surface area contributed by atoms with E-state index < -0.39 is 0 Å². The lowest BCUT2D eigenvalue weighted by Gasteiger charge is -2.36. The van der Waals surface area contributed by atoms with Crippen molar-refractivity contribution >= 4 is 18.3 Å². The van der Waals surface area contributed by atoms with E-state index >= 15 is 0 Å². The molecule has 0 radical (unpaired) electrons. The fourth-order valence-electron chi connectivity index (χ4n) is 3.30. The van der Waals surface area contributed by atoms with Gasteiger partial charge in [-0.1, -0.05) is 25.1 Å². The van der Waals surface area contributed by atoms with Crippen LogP contribution in [0.25, 0.3) is 0 Å². The number of rotatable bonds is 4. The van der Waals surface area contributed by atoms with E-state index in [9.17, 15) is 9.18 Å². The average Bonchev–Trinajstić information content (AvgIpc) is 3.01. The first kappa shape index (κ1) is 19.4. The number of imidazole rings is 1. The van der Waals surface area contributed by atoms with Gasteiger partial charge < -0.3 is 14.8 Å². The monoisotopic (exact) mass is 366 g/mol. The SMILES string of the molecule is CC(CC(=O)N1CCNCC1c1nccn1C)c1ccccc1F.Cl. The Kier molecular flexibility index (Phi) is 6.56. The normalized spacial score (nSPS) is 18.5. The lowest BCUT2D eigenvalue weighted by atomic mass is 9.96. The number of halogens is 2. The Bertz CT molecular complexity index is 721. The number of amides is 1. The van der Waals surface area contributed by atoms with E-state index in [4.69, 9.17) is 0 Å². The van der Waals surface area contributed by atoms with Gasteiger partial charge in [-0.05, 0) is 17.5 Å². The van der Waals surface area contributed by atoms with Crippen LogP contribution in [0.2, 0.25) is 0 Å². The van der Waals surface area contributed by atoms with Gasteiger partial charge >= 0.3 is 0 Å². The number of benzene rings is 1. The van der Waals surface area contributed by atoms with Gasteiger partial charge in [-0.3, -0.25) is 4.79 Å². The molecule has 1 aliphatic rings. The molecule has 1 saturated heterocycles. The first-order valence-corrected chi connectivity index (χ1v) is 8.29. The van der Waals surface area contributed by atoms with E-state index in [1.807, 2.05) is 29.6 Å². The van der Waals surface area contributed by atoms with Crippen molar-refractivity contribution in [3.05, 3.63) is 53.9 Å². The zero-order chi connectivity index (χ0) is 17.1. The molecule has 1 fully saturated rings. The van der Waals surface area contributed by atoms with Crippen LogP contribution in [0.5, 0.6) is 0 Å². The van der Waals surface area contributed by atoms with Crippen molar-refractivity contribution in [1.29, 1.82) is 0 Å². The van der Waals surface area contributed by atoms with Gasteiger partial charge in [0.2, 0.25) is 5.91 Å². The molecule has 0 aliphatic carbocycles. The fourth-order valence-corrected chi connectivity index (χ4v) is 3.30. The van der Waals surface area contributed by atoms with Crippen LogP contribution in [0.1, 0.15) is 36.7 Å². The van der Waals surface area contributed by atoms with Gasteiger partial charge in [0, 0.05) is 45.5 Å². The Labute approximate surface area is 153 Å². The smallest absolute Gasteiger partial charge is 0.223 e. The Morgan fingerprint density at radius 3 is 2.88 bits per heavy atom. The molecule has 136 valence electrons. The minimum absolute atomic E-state index is 0. The standard InChI is InChI=1S/C18H23FN4O.ClH/c1-13(14-5-3-4-6-15(14)19)11-17(24)23-10-7-20-12-16(23)18-21-8-9-22(18)2;/h3-6,8-9,13,16,20H,7,10-12H2,1-2H3;1H. The van der Waals surface area contributed by atoms with Gasteiger partial charge in [0.25, 0.3) is 0 Å². The third-order valence-corrected chi connectivity index (χ3v) is 4.64. The van der Waals surface area contributed by atoms with E-state index in [0.717, 1.165) is 12.4 Å². The summed E-state index contributed by atoms with van der Waals surface area (Å²) in [4.78, 5) is 19.1. The van der Waals surface area contributed by atoms with Crippen molar-refractivity contribution in [3.8, 4) is 0 Å². The summed E-state index contributed by atoms with van der Waals surface area (Å²) in [5.74, 6) is 0.503. The largest absolute Gasteiger partial charge is 0.336 e. The van der Waals surface area contributed by atoms with Crippen LogP contribution in [-0.2, 0) is 11.8 Å². The van der Waals surface area contributed by atoms with Gasteiger partial charge in [0.05, 0.1) is 0 Å². The Morgan fingerprint density at radius 2 is 2.20 bits per heavy atom. The predicted octanol–water partition coefficient (Wildman–Crippen LogP) is 2.65. The zero-order valence-corrected chi connectivity index (χ0v) is 15.3. The van der Waals surface area contributed by atoms with E-state index in [2.05, 4.69) is 10.3 Å². The van der Waals surface area contributed by atoms with E-state index in [1.165, 1.54) is 6.07 Å². The van der Waals surface area contributed by atoms with E-state index in [0.29, 0.717) is 25.1 Å². The van der Waals surface area contributed by atoms with Crippen molar-refractivity contribution < 1.29 is 9.18 Å². The van der Waals surface area contributed by atoms with Gasteiger partial charge in [-0.25, -0.2) is 9.37 Å². The summed E-state index contributed by atoms with van der Waals surface area (Å²) in [7, 11) is 1.93. The number of nitrogens with one attached hydrogen (secondary N) is 1. The molecule has 3 rings (SSSR count). The van der Waals surface area contributed by atoms with Gasteiger partial charge in [0.1, 0.15) is 17.7 Å². The molecular formula is C18H24ClFN4O. The Morgan fingerprint density at radius 1 is 1.44 bits per heavy atom. The van der Waals surface area contributed by atoms with E-state index in [-0.39, 0.29) is 36.1 Å². The maximum atomic E-state index is 13.9. The quantitative estimate of drug-likeness (QED) is 0.905. The number of piperazine rings is 1. The van der Waals surface area contributed by atoms with Crippen molar-refractivity contribution in [2.45, 2.75) is 25.3 Å². The van der Waals surface area contributed by atoms with Crippen LogP contribution in [0.4, 0.5) is 4.39 Å². The minimum Gasteiger partial charge on any atom is -0.336 e. The summed E-state index contributed by atoms with van der Waals surface area (Å²) in [5, 5.41) is 3.32. The number of aromatic nitrogens is 2. The van der Waals surface area contributed by atoms with Crippen LogP contribution in [0.3, 0.4) is 0 Å². The molecule has 7 heteroatoms. The molecular weight excluding hydrogens is 343 g/mol. The molecule has 0 saturated carbocycles. The highest BCUT2D eigenvalue weighted by atomic mass is 35.5. The second-order valence-electron chi connectivity index (χ2n) is 6.33. The van der Waals surface area contributed by atoms with Crippen LogP contribution in [-0.4, -0.2) is 40.0 Å². The Hall–Kier alpha value is -1.92. The lowest BCUT2D eigenvalue weighted by molar-refractivity contribution is -0.135. The molecule has 25 heavy (non-hydrogen) atoms. The number of carbonyl (C=O) groups is 1. The molecule has 1 aromatic carbocycles. The summed E-state index contributed by atoms with van der Waals surface area (Å²) in [6.07, 6.45) is 3.92. The highest BCUT2D eigenvalue weighted by Gasteiger charge is 2.31. The minimum atomic E-state index is -0.251. The molecule has 1 amide bonds. The summed E-state index contributed by atoms with van der Waals surface area (Å²) in [6.45, 7) is 3.99. The summed E-state index contributed by atoms with van der Waals surface area (Å²) < 4.78 is 15.9. The van der Waals surface area contributed by atoms with Crippen LogP contribution >= 0.6 is 12.4 Å². The fraction of sp³-hybridized carbons (Fsp3) is 0.444. The summed E-state index contributed by atoms with van der Waals surface area (Å²) >= 11 is 0. The van der Waals surface area contributed by atoms with Crippen LogP contribution in [0.15, 0.2) is 36.7 Å². The Balaban J connectivity index is 0.00000225. The second kappa shape index (κ2) is 8.45. The maximum Gasteiger partial charge on any atom is 0.223 e. The van der Waals surface area contributed by atoms with Crippen LogP contribution < -0.4 is 5.32 Å². The summed E-state index contributed by atoms with van der Waals surface area (Å²) in [6, 6.07) is 6.58. The molecule has 1 aromatic heterocycles. The third kappa shape index (κ3) is 4.19. The van der Waals surface area contributed by atoms with Gasteiger partial charge in [0.15, 0.2) is 0 Å². The first-order valence-electron chi connectivity index (χ1n) is 8.29. The van der Waals surface area contributed by atoms with Gasteiger partial charge in [-0.15, -0.1) is 12.4 Å². The molecule has 2 aromatic rings. The number of aryl methyl sites for hydroxylation is 1. The van der Waals surface area contributed by atoms with E-state index in [1.54, 1.807) is 24.4 Å². The van der Waals surface area contributed by atoms with Crippen molar-refractivity contribution in [3.63, 3.8) is 0 Å². The zero-order valence-electron chi connectivity index (χ0n) is 14.5. The van der Waals surface area contributed by atoms with Crippen LogP contribution in [0, 0.1) is 5.82 Å². The summed E-state index contributed by atoms with van der Waals surface area (Å²) in [5.41, 5.74) is 0.592. The third-order valence-electron chi connectivity index (χ3n) is 4.64. The molecule has 1 aliphatic heterocycles. The highest BCUT2D eigenvalue weighted by Crippen LogP contribution is 2.26. The average molecular weight is 367 g/mol.